The largest absolute Gasteiger partial charge is 0.396 e. The third-order valence-electron chi connectivity index (χ3n) is 2.41. The van der Waals surface area contributed by atoms with Gasteiger partial charge in [-0.05, 0) is 19.4 Å². The SMILES string of the molecule is Cc1cc(C)cc([C@H](O)[C@H](C)CO)c1. The molecule has 0 spiro atoms. The fraction of sp³-hybridized carbons (Fsp3) is 0.500. The van der Waals surface area contributed by atoms with Gasteiger partial charge in [0.15, 0.2) is 0 Å². The Morgan fingerprint density at radius 2 is 1.64 bits per heavy atom. The van der Waals surface area contributed by atoms with Gasteiger partial charge in [0.1, 0.15) is 0 Å². The average Bonchev–Trinajstić information content (AvgIpc) is 2.14. The van der Waals surface area contributed by atoms with Crippen molar-refractivity contribution >= 4 is 0 Å². The zero-order valence-electron chi connectivity index (χ0n) is 8.99. The lowest BCUT2D eigenvalue weighted by atomic mass is 9.95. The lowest BCUT2D eigenvalue weighted by Crippen LogP contribution is -2.13. The Morgan fingerprint density at radius 3 is 2.07 bits per heavy atom. The highest BCUT2D eigenvalue weighted by atomic mass is 16.3. The van der Waals surface area contributed by atoms with Gasteiger partial charge in [0.2, 0.25) is 0 Å². The van der Waals surface area contributed by atoms with E-state index in [9.17, 15) is 5.11 Å². The van der Waals surface area contributed by atoms with Crippen LogP contribution in [-0.2, 0) is 0 Å². The average molecular weight is 194 g/mol. The van der Waals surface area contributed by atoms with E-state index in [0.29, 0.717) is 0 Å². The second-order valence-electron chi connectivity index (χ2n) is 4.03. The lowest BCUT2D eigenvalue weighted by molar-refractivity contribution is 0.0769. The number of hydrogen-bond donors (Lipinski definition) is 2. The predicted octanol–water partition coefficient (Wildman–Crippen LogP) is 1.97. The highest BCUT2D eigenvalue weighted by Crippen LogP contribution is 2.23. The second kappa shape index (κ2) is 4.58. The molecule has 0 aliphatic rings. The van der Waals surface area contributed by atoms with Crippen molar-refractivity contribution in [2.45, 2.75) is 26.9 Å². The Labute approximate surface area is 85.2 Å². The minimum atomic E-state index is -0.571. The number of benzene rings is 1. The maximum absolute atomic E-state index is 9.88. The maximum Gasteiger partial charge on any atom is 0.0837 e. The molecule has 2 N–H and O–H groups in total. The highest BCUT2D eigenvalue weighted by Gasteiger charge is 2.15. The Morgan fingerprint density at radius 1 is 1.14 bits per heavy atom. The first-order chi connectivity index (χ1) is 6.54. The summed E-state index contributed by atoms with van der Waals surface area (Å²) in [5.74, 6) is -0.115. The van der Waals surface area contributed by atoms with E-state index >= 15 is 0 Å². The standard InChI is InChI=1S/C12H18O2/c1-8-4-9(2)6-11(5-8)12(14)10(3)7-13/h4-6,10,12-14H,7H2,1-3H3/t10-,12-/m1/s1. The van der Waals surface area contributed by atoms with E-state index in [1.54, 1.807) is 0 Å². The van der Waals surface area contributed by atoms with Crippen molar-refractivity contribution in [3.05, 3.63) is 34.9 Å². The summed E-state index contributed by atoms with van der Waals surface area (Å²) in [5, 5.41) is 18.8. The normalized spacial score (nSPS) is 15.2. The molecule has 0 aliphatic carbocycles. The molecule has 0 fully saturated rings. The number of rotatable bonds is 3. The molecular formula is C12H18O2. The Kier molecular flexibility index (Phi) is 3.67. The summed E-state index contributed by atoms with van der Waals surface area (Å²) in [7, 11) is 0. The molecule has 0 amide bonds. The number of aliphatic hydroxyl groups excluding tert-OH is 2. The van der Waals surface area contributed by atoms with Crippen LogP contribution in [0.2, 0.25) is 0 Å². The van der Waals surface area contributed by atoms with Crippen LogP contribution in [0.15, 0.2) is 18.2 Å². The van der Waals surface area contributed by atoms with Crippen LogP contribution in [-0.4, -0.2) is 16.8 Å². The van der Waals surface area contributed by atoms with E-state index < -0.39 is 6.10 Å². The minimum absolute atomic E-state index is 0.00809. The van der Waals surface area contributed by atoms with Crippen LogP contribution in [0.5, 0.6) is 0 Å². The molecule has 0 bridgehead atoms. The van der Waals surface area contributed by atoms with Gasteiger partial charge in [0.05, 0.1) is 6.10 Å². The van der Waals surface area contributed by atoms with Gasteiger partial charge in [-0.3, -0.25) is 0 Å². The summed E-state index contributed by atoms with van der Waals surface area (Å²) < 4.78 is 0. The van der Waals surface area contributed by atoms with Crippen LogP contribution >= 0.6 is 0 Å². The molecule has 2 heteroatoms. The summed E-state index contributed by atoms with van der Waals surface area (Å²) in [6.45, 7) is 5.86. The van der Waals surface area contributed by atoms with E-state index in [4.69, 9.17) is 5.11 Å². The fourth-order valence-electron chi connectivity index (χ4n) is 1.61. The van der Waals surface area contributed by atoms with Crippen LogP contribution < -0.4 is 0 Å². The van der Waals surface area contributed by atoms with Crippen molar-refractivity contribution in [2.75, 3.05) is 6.61 Å². The summed E-state index contributed by atoms with van der Waals surface area (Å²) >= 11 is 0. The van der Waals surface area contributed by atoms with Crippen LogP contribution in [0.1, 0.15) is 29.7 Å². The first-order valence-corrected chi connectivity index (χ1v) is 4.91. The molecule has 1 rings (SSSR count). The summed E-state index contributed by atoms with van der Waals surface area (Å²) in [6.07, 6.45) is -0.571. The smallest absolute Gasteiger partial charge is 0.0837 e. The quantitative estimate of drug-likeness (QED) is 0.772. The molecule has 0 saturated heterocycles. The Hall–Kier alpha value is -0.860. The third kappa shape index (κ3) is 2.56. The van der Waals surface area contributed by atoms with E-state index in [1.807, 2.05) is 32.9 Å². The van der Waals surface area contributed by atoms with Gasteiger partial charge in [0, 0.05) is 12.5 Å². The third-order valence-corrected chi connectivity index (χ3v) is 2.41. The van der Waals surface area contributed by atoms with Crippen molar-refractivity contribution in [3.63, 3.8) is 0 Å². The van der Waals surface area contributed by atoms with Crippen molar-refractivity contribution < 1.29 is 10.2 Å². The van der Waals surface area contributed by atoms with Gasteiger partial charge in [-0.15, -0.1) is 0 Å². The molecule has 2 nitrogen and oxygen atoms in total. The molecule has 14 heavy (non-hydrogen) atoms. The topological polar surface area (TPSA) is 40.5 Å². The first kappa shape index (κ1) is 11.2. The molecule has 0 radical (unpaired) electrons. The Balaban J connectivity index is 2.94. The monoisotopic (exact) mass is 194 g/mol. The van der Waals surface area contributed by atoms with Crippen molar-refractivity contribution in [2.24, 2.45) is 5.92 Å². The summed E-state index contributed by atoms with van der Waals surface area (Å²) in [4.78, 5) is 0. The second-order valence-corrected chi connectivity index (χ2v) is 4.03. The van der Waals surface area contributed by atoms with Crippen LogP contribution in [0, 0.1) is 19.8 Å². The molecule has 1 aromatic carbocycles. The first-order valence-electron chi connectivity index (χ1n) is 4.91. The highest BCUT2D eigenvalue weighted by molar-refractivity contribution is 5.30. The zero-order chi connectivity index (χ0) is 10.7. The molecule has 78 valence electrons. The molecule has 0 aliphatic heterocycles. The number of hydrogen-bond acceptors (Lipinski definition) is 2. The van der Waals surface area contributed by atoms with E-state index in [1.165, 1.54) is 0 Å². The zero-order valence-corrected chi connectivity index (χ0v) is 8.99. The van der Waals surface area contributed by atoms with Gasteiger partial charge in [-0.25, -0.2) is 0 Å². The van der Waals surface area contributed by atoms with Crippen LogP contribution in [0.3, 0.4) is 0 Å². The van der Waals surface area contributed by atoms with E-state index in [2.05, 4.69) is 6.07 Å². The van der Waals surface area contributed by atoms with Gasteiger partial charge >= 0.3 is 0 Å². The number of aryl methyl sites for hydroxylation is 2. The van der Waals surface area contributed by atoms with Crippen molar-refractivity contribution in [3.8, 4) is 0 Å². The van der Waals surface area contributed by atoms with Gasteiger partial charge in [-0.1, -0.05) is 36.2 Å². The van der Waals surface area contributed by atoms with Crippen LogP contribution in [0.25, 0.3) is 0 Å². The Bertz CT molecular complexity index is 287. The summed E-state index contributed by atoms with van der Waals surface area (Å²) in [5.41, 5.74) is 3.18. The summed E-state index contributed by atoms with van der Waals surface area (Å²) in [6, 6.07) is 5.99. The van der Waals surface area contributed by atoms with Crippen molar-refractivity contribution in [1.29, 1.82) is 0 Å². The van der Waals surface area contributed by atoms with Gasteiger partial charge in [-0.2, -0.15) is 0 Å². The number of aliphatic hydroxyl groups is 2. The van der Waals surface area contributed by atoms with Gasteiger partial charge in [0.25, 0.3) is 0 Å². The molecular weight excluding hydrogens is 176 g/mol. The fourth-order valence-corrected chi connectivity index (χ4v) is 1.61. The predicted molar refractivity (Wildman–Crippen MR) is 57.1 cm³/mol. The molecule has 2 atom stereocenters. The lowest BCUT2D eigenvalue weighted by Gasteiger charge is -2.17. The van der Waals surface area contributed by atoms with Crippen molar-refractivity contribution in [1.82, 2.24) is 0 Å². The van der Waals surface area contributed by atoms with E-state index in [-0.39, 0.29) is 12.5 Å². The van der Waals surface area contributed by atoms with E-state index in [0.717, 1.165) is 16.7 Å². The molecule has 0 saturated carbocycles. The molecule has 0 aromatic heterocycles. The van der Waals surface area contributed by atoms with Crippen LogP contribution in [0.4, 0.5) is 0 Å². The molecule has 0 unspecified atom stereocenters. The minimum Gasteiger partial charge on any atom is -0.396 e. The van der Waals surface area contributed by atoms with Gasteiger partial charge < -0.3 is 10.2 Å². The molecule has 0 heterocycles. The molecule has 1 aromatic rings. The maximum atomic E-state index is 9.88.